The minimum atomic E-state index is -0.282. The van der Waals surface area contributed by atoms with Crippen LogP contribution in [-0.2, 0) is 14.3 Å². The van der Waals surface area contributed by atoms with Gasteiger partial charge in [-0.25, -0.2) is 0 Å². The van der Waals surface area contributed by atoms with E-state index in [1.165, 1.54) is 11.0 Å². The van der Waals surface area contributed by atoms with Crippen LogP contribution in [0.4, 0.5) is 5.69 Å². The molecule has 4 rings (SSSR count). The summed E-state index contributed by atoms with van der Waals surface area (Å²) in [6.45, 7) is 5.02. The standard InChI is InChI=1S/C25H27ClN2O5/c1-16-5-3-7-21(17(16)2)27-23(29)14-28(13-19-6-4-10-31-19)24(30)9-8-18-11-20(26)25-22(12-18)32-15-33-25/h3,5,7-9,11-12,19H,4,6,10,13-15H2,1-2H3,(H,27,29)/b9-8+. The molecule has 7 nitrogen and oxygen atoms in total. The summed E-state index contributed by atoms with van der Waals surface area (Å²) >= 11 is 6.23. The first kappa shape index (κ1) is 23.1. The zero-order valence-electron chi connectivity index (χ0n) is 18.7. The first-order valence-electron chi connectivity index (χ1n) is 10.9. The van der Waals surface area contributed by atoms with E-state index < -0.39 is 0 Å². The van der Waals surface area contributed by atoms with Crippen molar-refractivity contribution < 1.29 is 23.8 Å². The van der Waals surface area contributed by atoms with Crippen LogP contribution in [0, 0.1) is 13.8 Å². The van der Waals surface area contributed by atoms with Crippen molar-refractivity contribution in [2.24, 2.45) is 0 Å². The molecule has 2 aliphatic rings. The minimum absolute atomic E-state index is 0.0711. The third-order valence-corrected chi connectivity index (χ3v) is 6.12. The lowest BCUT2D eigenvalue weighted by Crippen LogP contribution is -2.41. The molecule has 8 heteroatoms. The lowest BCUT2D eigenvalue weighted by molar-refractivity contribution is -0.131. The second kappa shape index (κ2) is 10.3. The van der Waals surface area contributed by atoms with Gasteiger partial charge in [-0.2, -0.15) is 0 Å². The Hall–Kier alpha value is -3.03. The fraction of sp³-hybridized carbons (Fsp3) is 0.360. The normalized spacial score (nSPS) is 16.9. The van der Waals surface area contributed by atoms with Crippen LogP contribution >= 0.6 is 11.6 Å². The Morgan fingerprint density at radius 3 is 2.88 bits per heavy atom. The average molecular weight is 471 g/mol. The summed E-state index contributed by atoms with van der Waals surface area (Å²) in [5.41, 5.74) is 3.54. The highest BCUT2D eigenvalue weighted by Gasteiger charge is 2.24. The zero-order valence-corrected chi connectivity index (χ0v) is 19.5. The van der Waals surface area contributed by atoms with Gasteiger partial charge in [-0.05, 0) is 67.7 Å². The molecule has 2 aromatic rings. The maximum Gasteiger partial charge on any atom is 0.247 e. The van der Waals surface area contributed by atoms with Gasteiger partial charge in [-0.15, -0.1) is 0 Å². The van der Waals surface area contributed by atoms with Crippen LogP contribution in [0.25, 0.3) is 6.08 Å². The number of hydrogen-bond donors (Lipinski definition) is 1. The minimum Gasteiger partial charge on any atom is -0.454 e. The van der Waals surface area contributed by atoms with Gasteiger partial charge in [-0.1, -0.05) is 23.7 Å². The largest absolute Gasteiger partial charge is 0.454 e. The van der Waals surface area contributed by atoms with Gasteiger partial charge in [0.25, 0.3) is 0 Å². The van der Waals surface area contributed by atoms with Crippen molar-refractivity contribution in [1.29, 1.82) is 0 Å². The molecule has 1 N–H and O–H groups in total. The molecule has 174 valence electrons. The Kier molecular flexibility index (Phi) is 7.20. The molecular formula is C25H27ClN2O5. The Bertz CT molecular complexity index is 1080. The molecule has 2 aliphatic heterocycles. The molecule has 1 fully saturated rings. The molecule has 0 aliphatic carbocycles. The molecule has 0 aromatic heterocycles. The Labute approximate surface area is 198 Å². The van der Waals surface area contributed by atoms with E-state index in [2.05, 4.69) is 5.32 Å². The number of ether oxygens (including phenoxy) is 3. The smallest absolute Gasteiger partial charge is 0.247 e. The topological polar surface area (TPSA) is 77.1 Å². The van der Waals surface area contributed by atoms with E-state index >= 15 is 0 Å². The van der Waals surface area contributed by atoms with Crippen molar-refractivity contribution in [3.8, 4) is 11.5 Å². The predicted octanol–water partition coefficient (Wildman–Crippen LogP) is 4.35. The van der Waals surface area contributed by atoms with Crippen molar-refractivity contribution in [3.63, 3.8) is 0 Å². The SMILES string of the molecule is Cc1cccc(NC(=O)CN(CC2CCCO2)C(=O)/C=C/c2cc(Cl)c3c(c2)OCO3)c1C. The summed E-state index contributed by atoms with van der Waals surface area (Å²) in [6.07, 6.45) is 4.84. The maximum atomic E-state index is 13.0. The van der Waals surface area contributed by atoms with Crippen LogP contribution in [0.5, 0.6) is 11.5 Å². The third kappa shape index (κ3) is 5.67. The third-order valence-electron chi connectivity index (χ3n) is 5.84. The van der Waals surface area contributed by atoms with Gasteiger partial charge in [0.15, 0.2) is 11.5 Å². The Morgan fingerprint density at radius 2 is 2.09 bits per heavy atom. The number of nitrogens with zero attached hydrogens (tertiary/aromatic N) is 1. The second-order valence-corrected chi connectivity index (χ2v) is 8.63. The zero-order chi connectivity index (χ0) is 23.4. The number of carbonyl (C=O) groups is 2. The quantitative estimate of drug-likeness (QED) is 0.609. The first-order valence-corrected chi connectivity index (χ1v) is 11.3. The van der Waals surface area contributed by atoms with Crippen molar-refractivity contribution in [2.45, 2.75) is 32.8 Å². The van der Waals surface area contributed by atoms with Gasteiger partial charge in [0.1, 0.15) is 6.54 Å². The summed E-state index contributed by atoms with van der Waals surface area (Å²) in [7, 11) is 0. The van der Waals surface area contributed by atoms with Crippen molar-refractivity contribution in [1.82, 2.24) is 4.90 Å². The number of rotatable bonds is 7. The van der Waals surface area contributed by atoms with Crippen LogP contribution < -0.4 is 14.8 Å². The fourth-order valence-corrected chi connectivity index (χ4v) is 4.15. The highest BCUT2D eigenvalue weighted by molar-refractivity contribution is 6.32. The number of anilines is 1. The molecule has 1 atom stereocenters. The lowest BCUT2D eigenvalue weighted by Gasteiger charge is -2.24. The van der Waals surface area contributed by atoms with Crippen LogP contribution in [0.2, 0.25) is 5.02 Å². The fourth-order valence-electron chi connectivity index (χ4n) is 3.87. The molecule has 1 unspecified atom stereocenters. The van der Waals surface area contributed by atoms with Gasteiger partial charge in [0, 0.05) is 24.9 Å². The number of aryl methyl sites for hydroxylation is 1. The van der Waals surface area contributed by atoms with Crippen molar-refractivity contribution >= 4 is 35.2 Å². The van der Waals surface area contributed by atoms with E-state index in [1.54, 1.807) is 18.2 Å². The summed E-state index contributed by atoms with van der Waals surface area (Å²) in [4.78, 5) is 27.4. The number of fused-ring (bicyclic) bond motifs is 1. The molecule has 0 saturated carbocycles. The molecule has 0 bridgehead atoms. The molecule has 0 spiro atoms. The molecule has 2 aromatic carbocycles. The van der Waals surface area contributed by atoms with Crippen LogP contribution in [0.1, 0.15) is 29.5 Å². The van der Waals surface area contributed by atoms with E-state index in [1.807, 2.05) is 32.0 Å². The summed E-state index contributed by atoms with van der Waals surface area (Å²) in [5, 5.41) is 3.34. The number of nitrogens with one attached hydrogen (secondary N) is 1. The van der Waals surface area contributed by atoms with Gasteiger partial charge < -0.3 is 24.4 Å². The van der Waals surface area contributed by atoms with E-state index in [9.17, 15) is 9.59 Å². The van der Waals surface area contributed by atoms with Gasteiger partial charge in [0.2, 0.25) is 18.6 Å². The van der Waals surface area contributed by atoms with Crippen LogP contribution in [0.3, 0.4) is 0 Å². The molecule has 2 amide bonds. The molecule has 0 radical (unpaired) electrons. The monoisotopic (exact) mass is 470 g/mol. The van der Waals surface area contributed by atoms with Crippen LogP contribution in [-0.4, -0.2) is 49.3 Å². The average Bonchev–Trinajstić information content (AvgIpc) is 3.47. The van der Waals surface area contributed by atoms with Gasteiger partial charge in [-0.3, -0.25) is 9.59 Å². The number of halogens is 1. The molecule has 33 heavy (non-hydrogen) atoms. The summed E-state index contributed by atoms with van der Waals surface area (Å²) in [5.74, 6) is 0.506. The van der Waals surface area contributed by atoms with Gasteiger partial charge >= 0.3 is 0 Å². The number of benzene rings is 2. The summed E-state index contributed by atoms with van der Waals surface area (Å²) < 4.78 is 16.4. The molecule has 1 saturated heterocycles. The molecular weight excluding hydrogens is 444 g/mol. The van der Waals surface area contributed by atoms with Crippen molar-refractivity contribution in [2.75, 3.05) is 31.8 Å². The first-order chi connectivity index (χ1) is 15.9. The van der Waals surface area contributed by atoms with Crippen molar-refractivity contribution in [3.05, 3.63) is 58.1 Å². The maximum absolute atomic E-state index is 13.0. The van der Waals surface area contributed by atoms with E-state index in [0.29, 0.717) is 35.2 Å². The van der Waals surface area contributed by atoms with Crippen LogP contribution in [0.15, 0.2) is 36.4 Å². The second-order valence-electron chi connectivity index (χ2n) is 8.22. The highest BCUT2D eigenvalue weighted by atomic mass is 35.5. The highest BCUT2D eigenvalue weighted by Crippen LogP contribution is 2.40. The summed E-state index contributed by atoms with van der Waals surface area (Å²) in [6, 6.07) is 9.21. The molecule has 2 heterocycles. The predicted molar refractivity (Wildman–Crippen MR) is 127 cm³/mol. The van der Waals surface area contributed by atoms with E-state index in [0.717, 1.165) is 29.7 Å². The number of carbonyl (C=O) groups excluding carboxylic acids is 2. The van der Waals surface area contributed by atoms with Gasteiger partial charge in [0.05, 0.1) is 11.1 Å². The lowest BCUT2D eigenvalue weighted by atomic mass is 10.1. The number of hydrogen-bond acceptors (Lipinski definition) is 5. The number of amides is 2. The Balaban J connectivity index is 1.47. The van der Waals surface area contributed by atoms with E-state index in [-0.39, 0.29) is 31.3 Å². The van der Waals surface area contributed by atoms with E-state index in [4.69, 9.17) is 25.8 Å². The Morgan fingerprint density at radius 1 is 1.24 bits per heavy atom.